The largest absolute Gasteiger partial charge is 0.508 e. The lowest BCUT2D eigenvalue weighted by Crippen LogP contribution is -2.18. The van der Waals surface area contributed by atoms with Gasteiger partial charge in [0.15, 0.2) is 5.78 Å². The zero-order valence-electron chi connectivity index (χ0n) is 12.3. The van der Waals surface area contributed by atoms with Crippen molar-refractivity contribution in [3.05, 3.63) is 87.3 Å². The van der Waals surface area contributed by atoms with Crippen molar-refractivity contribution in [1.82, 2.24) is 4.57 Å². The van der Waals surface area contributed by atoms with Crippen molar-refractivity contribution < 1.29 is 15.0 Å². The summed E-state index contributed by atoms with van der Waals surface area (Å²) in [7, 11) is 0. The smallest absolute Gasteiger partial charge is 0.255 e. The molecule has 24 heavy (non-hydrogen) atoms. The van der Waals surface area contributed by atoms with Gasteiger partial charge in [-0.2, -0.15) is 0 Å². The maximum atomic E-state index is 12.5. The Morgan fingerprint density at radius 3 is 2.33 bits per heavy atom. The number of hydrogen-bond acceptors (Lipinski definition) is 4. The summed E-state index contributed by atoms with van der Waals surface area (Å²) >= 11 is 5.84. The van der Waals surface area contributed by atoms with E-state index in [9.17, 15) is 19.8 Å². The fraction of sp³-hybridized carbons (Fsp3) is 0. The Morgan fingerprint density at radius 2 is 1.67 bits per heavy atom. The summed E-state index contributed by atoms with van der Waals surface area (Å²) in [4.78, 5) is 24.6. The molecule has 6 heteroatoms. The van der Waals surface area contributed by atoms with E-state index in [-0.39, 0.29) is 28.2 Å². The topological polar surface area (TPSA) is 79.5 Å². The van der Waals surface area contributed by atoms with Crippen molar-refractivity contribution in [3.8, 4) is 17.2 Å². The second kappa shape index (κ2) is 6.22. The van der Waals surface area contributed by atoms with Crippen LogP contribution in [0.4, 0.5) is 0 Å². The standard InChI is InChI=1S/C18H12ClNO4/c19-12-2-4-13(5-3-12)20-10-11(1-8-17(20)23)18(24)15-7-6-14(21)9-16(15)22/h1-10,21-22H. The molecule has 0 aliphatic rings. The monoisotopic (exact) mass is 341 g/mol. The zero-order valence-corrected chi connectivity index (χ0v) is 13.1. The lowest BCUT2D eigenvalue weighted by molar-refractivity contribution is 0.103. The molecule has 0 fully saturated rings. The summed E-state index contributed by atoms with van der Waals surface area (Å²) in [6.07, 6.45) is 1.40. The van der Waals surface area contributed by atoms with Gasteiger partial charge in [0, 0.05) is 34.6 Å². The van der Waals surface area contributed by atoms with Crippen molar-refractivity contribution in [1.29, 1.82) is 0 Å². The Hall–Kier alpha value is -3.05. The molecule has 5 nitrogen and oxygen atoms in total. The van der Waals surface area contributed by atoms with Crippen LogP contribution in [0.3, 0.4) is 0 Å². The first-order chi connectivity index (χ1) is 11.5. The molecule has 120 valence electrons. The highest BCUT2D eigenvalue weighted by Crippen LogP contribution is 2.25. The SMILES string of the molecule is O=C(c1ccc(=O)n(-c2ccc(Cl)cc2)c1)c1ccc(O)cc1O. The summed E-state index contributed by atoms with van der Waals surface area (Å²) in [5.74, 6) is -0.936. The Balaban J connectivity index is 2.06. The molecule has 2 N–H and O–H groups in total. The van der Waals surface area contributed by atoms with Crippen LogP contribution in [-0.4, -0.2) is 20.6 Å². The minimum Gasteiger partial charge on any atom is -0.508 e. The van der Waals surface area contributed by atoms with E-state index in [0.29, 0.717) is 10.7 Å². The van der Waals surface area contributed by atoms with Gasteiger partial charge >= 0.3 is 0 Å². The Morgan fingerprint density at radius 1 is 0.958 bits per heavy atom. The maximum absolute atomic E-state index is 12.5. The zero-order chi connectivity index (χ0) is 17.3. The molecule has 0 unspecified atom stereocenters. The highest BCUT2D eigenvalue weighted by molar-refractivity contribution is 6.30. The molecule has 0 amide bonds. The van der Waals surface area contributed by atoms with Crippen molar-refractivity contribution >= 4 is 17.4 Å². The van der Waals surface area contributed by atoms with Crippen LogP contribution < -0.4 is 5.56 Å². The number of ketones is 1. The van der Waals surface area contributed by atoms with E-state index >= 15 is 0 Å². The number of phenolic OH excluding ortho intramolecular Hbond substituents is 2. The van der Waals surface area contributed by atoms with Crippen LogP contribution in [0.25, 0.3) is 5.69 Å². The van der Waals surface area contributed by atoms with E-state index < -0.39 is 5.78 Å². The average molecular weight is 342 g/mol. The molecule has 2 aromatic carbocycles. The van der Waals surface area contributed by atoms with Crippen molar-refractivity contribution in [3.63, 3.8) is 0 Å². The van der Waals surface area contributed by atoms with Gasteiger partial charge in [-0.25, -0.2) is 0 Å². The van der Waals surface area contributed by atoms with E-state index in [1.54, 1.807) is 24.3 Å². The number of aromatic nitrogens is 1. The number of hydrogen-bond donors (Lipinski definition) is 2. The molecule has 0 atom stereocenters. The van der Waals surface area contributed by atoms with E-state index in [1.807, 2.05) is 0 Å². The van der Waals surface area contributed by atoms with Crippen LogP contribution in [0, 0.1) is 0 Å². The van der Waals surface area contributed by atoms with Gasteiger partial charge in [0.05, 0.1) is 5.56 Å². The van der Waals surface area contributed by atoms with Gasteiger partial charge in [-0.15, -0.1) is 0 Å². The minimum atomic E-state index is -0.463. The Kier molecular flexibility index (Phi) is 4.10. The summed E-state index contributed by atoms with van der Waals surface area (Å²) < 4.78 is 1.32. The molecule has 0 saturated carbocycles. The number of carbonyl (C=O) groups is 1. The van der Waals surface area contributed by atoms with Crippen LogP contribution in [0.2, 0.25) is 5.02 Å². The molecule has 0 spiro atoms. The van der Waals surface area contributed by atoms with Gasteiger partial charge < -0.3 is 10.2 Å². The molecule has 3 aromatic rings. The first-order valence-corrected chi connectivity index (χ1v) is 7.39. The van der Waals surface area contributed by atoms with Crippen LogP contribution in [0.15, 0.2) is 65.6 Å². The van der Waals surface area contributed by atoms with E-state index in [0.717, 1.165) is 6.07 Å². The second-order valence-electron chi connectivity index (χ2n) is 5.13. The first kappa shape index (κ1) is 15.8. The van der Waals surface area contributed by atoms with Gasteiger partial charge in [0.2, 0.25) is 0 Å². The summed E-state index contributed by atoms with van der Waals surface area (Å²) in [5.41, 5.74) is 0.525. The maximum Gasteiger partial charge on any atom is 0.255 e. The van der Waals surface area contributed by atoms with Crippen molar-refractivity contribution in [2.24, 2.45) is 0 Å². The van der Waals surface area contributed by atoms with Gasteiger partial charge in [0.1, 0.15) is 11.5 Å². The van der Waals surface area contributed by atoms with Crippen LogP contribution >= 0.6 is 11.6 Å². The van der Waals surface area contributed by atoms with Gasteiger partial charge in [-0.1, -0.05) is 11.6 Å². The van der Waals surface area contributed by atoms with E-state index in [2.05, 4.69) is 0 Å². The third kappa shape index (κ3) is 3.02. The number of halogens is 1. The number of nitrogens with zero attached hydrogens (tertiary/aromatic N) is 1. The van der Waals surface area contributed by atoms with Crippen molar-refractivity contribution in [2.45, 2.75) is 0 Å². The third-order valence-electron chi connectivity index (χ3n) is 3.50. The van der Waals surface area contributed by atoms with E-state index in [1.165, 1.54) is 35.0 Å². The molecule has 0 radical (unpaired) electrons. The summed E-state index contributed by atoms with van der Waals surface area (Å²) in [5, 5.41) is 19.7. The van der Waals surface area contributed by atoms with Crippen LogP contribution in [-0.2, 0) is 0 Å². The Labute approximate surface area is 142 Å². The predicted octanol–water partition coefficient (Wildman–Crippen LogP) is 3.13. The molecule has 3 rings (SSSR count). The molecular formula is C18H12ClNO4. The molecule has 0 aliphatic heterocycles. The molecule has 1 heterocycles. The molecule has 0 bridgehead atoms. The predicted molar refractivity (Wildman–Crippen MR) is 90.3 cm³/mol. The summed E-state index contributed by atoms with van der Waals surface area (Å²) in [6.45, 7) is 0. The molecular weight excluding hydrogens is 330 g/mol. The quantitative estimate of drug-likeness (QED) is 0.717. The van der Waals surface area contributed by atoms with Gasteiger partial charge in [0.25, 0.3) is 5.56 Å². The lowest BCUT2D eigenvalue weighted by atomic mass is 10.0. The highest BCUT2D eigenvalue weighted by atomic mass is 35.5. The average Bonchev–Trinajstić information content (AvgIpc) is 2.56. The number of aromatic hydroxyl groups is 2. The molecule has 0 aliphatic carbocycles. The number of carbonyl (C=O) groups excluding carboxylic acids is 1. The summed E-state index contributed by atoms with van der Waals surface area (Å²) in [6, 6.07) is 13.0. The normalized spacial score (nSPS) is 10.5. The van der Waals surface area contributed by atoms with Crippen molar-refractivity contribution in [2.75, 3.05) is 0 Å². The Bertz CT molecular complexity index is 977. The minimum absolute atomic E-state index is 0.0362. The third-order valence-corrected chi connectivity index (χ3v) is 3.76. The lowest BCUT2D eigenvalue weighted by Gasteiger charge is -2.09. The first-order valence-electron chi connectivity index (χ1n) is 7.01. The van der Waals surface area contributed by atoms with Gasteiger partial charge in [-0.05, 0) is 42.5 Å². The number of pyridine rings is 1. The molecule has 1 aromatic heterocycles. The fourth-order valence-corrected chi connectivity index (χ4v) is 2.42. The number of phenols is 2. The van der Waals surface area contributed by atoms with E-state index in [4.69, 9.17) is 11.6 Å². The van der Waals surface area contributed by atoms with Gasteiger partial charge in [-0.3, -0.25) is 14.2 Å². The second-order valence-corrected chi connectivity index (χ2v) is 5.57. The van der Waals surface area contributed by atoms with Crippen LogP contribution in [0.1, 0.15) is 15.9 Å². The number of rotatable bonds is 3. The highest BCUT2D eigenvalue weighted by Gasteiger charge is 2.15. The molecule has 0 saturated heterocycles. The van der Waals surface area contributed by atoms with Crippen LogP contribution in [0.5, 0.6) is 11.5 Å². The number of benzene rings is 2. The fourth-order valence-electron chi connectivity index (χ4n) is 2.29.